The Hall–Kier alpha value is -3.03. The number of likely N-dealkylation sites (tertiary alicyclic amines) is 2. The first-order chi connectivity index (χ1) is 16.0. The summed E-state index contributed by atoms with van der Waals surface area (Å²) in [6.07, 6.45) is 4.85. The van der Waals surface area contributed by atoms with Crippen LogP contribution in [-0.2, 0) is 11.4 Å². The maximum absolute atomic E-state index is 13.1. The highest BCUT2D eigenvalue weighted by Gasteiger charge is 2.31. The summed E-state index contributed by atoms with van der Waals surface area (Å²) in [6, 6.07) is 5.24. The fourth-order valence-electron chi connectivity index (χ4n) is 4.66. The van der Waals surface area contributed by atoms with E-state index in [0.717, 1.165) is 55.8 Å². The van der Waals surface area contributed by atoms with Gasteiger partial charge in [-0.3, -0.25) is 9.59 Å². The van der Waals surface area contributed by atoms with Crippen LogP contribution >= 0.6 is 0 Å². The van der Waals surface area contributed by atoms with Gasteiger partial charge in [0.2, 0.25) is 5.91 Å². The van der Waals surface area contributed by atoms with Gasteiger partial charge in [-0.25, -0.2) is 0 Å². The first-order valence-corrected chi connectivity index (χ1v) is 11.8. The third-order valence-electron chi connectivity index (χ3n) is 6.76. The molecular weight excluding hydrogens is 422 g/mol. The average molecular weight is 456 g/mol. The second-order valence-electron chi connectivity index (χ2n) is 8.91. The number of hydrogen-bond acceptors (Lipinski definition) is 6. The van der Waals surface area contributed by atoms with Crippen LogP contribution in [0.15, 0.2) is 22.7 Å². The van der Waals surface area contributed by atoms with Gasteiger partial charge in [0.05, 0.1) is 18.4 Å². The van der Waals surface area contributed by atoms with E-state index in [1.165, 1.54) is 6.42 Å². The van der Waals surface area contributed by atoms with E-state index in [4.69, 9.17) is 14.0 Å². The van der Waals surface area contributed by atoms with Crippen LogP contribution < -0.4 is 9.47 Å². The number of carbonyl (C=O) groups is 2. The van der Waals surface area contributed by atoms with Crippen molar-refractivity contribution in [3.8, 4) is 11.5 Å². The summed E-state index contributed by atoms with van der Waals surface area (Å²) in [7, 11) is 1.56. The summed E-state index contributed by atoms with van der Waals surface area (Å²) >= 11 is 0. The van der Waals surface area contributed by atoms with Crippen LogP contribution in [0, 0.1) is 19.8 Å². The predicted octanol–water partition coefficient (Wildman–Crippen LogP) is 3.74. The van der Waals surface area contributed by atoms with Gasteiger partial charge >= 0.3 is 0 Å². The van der Waals surface area contributed by atoms with E-state index in [0.29, 0.717) is 36.8 Å². The molecule has 3 heterocycles. The molecule has 1 aromatic carbocycles. The van der Waals surface area contributed by atoms with Gasteiger partial charge in [0.15, 0.2) is 11.5 Å². The lowest BCUT2D eigenvalue weighted by molar-refractivity contribution is -0.137. The number of nitrogens with zero attached hydrogens (tertiary/aromatic N) is 3. The number of ether oxygens (including phenoxy) is 2. The monoisotopic (exact) mass is 455 g/mol. The lowest BCUT2D eigenvalue weighted by atomic mass is 9.94. The Bertz CT molecular complexity index is 968. The van der Waals surface area contributed by atoms with Gasteiger partial charge < -0.3 is 23.8 Å². The minimum Gasteiger partial charge on any atom is -0.493 e. The van der Waals surface area contributed by atoms with Crippen LogP contribution in [0.3, 0.4) is 0 Å². The molecule has 4 rings (SSSR count). The molecule has 0 N–H and O–H groups in total. The highest BCUT2D eigenvalue weighted by Crippen LogP contribution is 2.31. The van der Waals surface area contributed by atoms with Gasteiger partial charge in [0.25, 0.3) is 5.91 Å². The zero-order valence-electron chi connectivity index (χ0n) is 19.8. The molecule has 33 heavy (non-hydrogen) atoms. The quantitative estimate of drug-likeness (QED) is 0.660. The number of rotatable bonds is 6. The van der Waals surface area contributed by atoms with Crippen LogP contribution in [0.4, 0.5) is 0 Å². The normalized spacial score (nSPS) is 17.2. The molecule has 1 aromatic heterocycles. The zero-order chi connectivity index (χ0) is 23.4. The fourth-order valence-corrected chi connectivity index (χ4v) is 4.66. The number of aromatic nitrogens is 1. The van der Waals surface area contributed by atoms with E-state index in [1.807, 2.05) is 23.6 Å². The Kier molecular flexibility index (Phi) is 7.20. The van der Waals surface area contributed by atoms with Gasteiger partial charge in [0.1, 0.15) is 12.4 Å². The van der Waals surface area contributed by atoms with Crippen molar-refractivity contribution in [2.75, 3.05) is 33.3 Å². The highest BCUT2D eigenvalue weighted by atomic mass is 16.5. The SMILES string of the molecule is COc1cc(C(=O)N2CCC(C(=O)N3CCCCC3)CC2)ccc1OCc1c(C)noc1C. The Balaban J connectivity index is 1.36. The van der Waals surface area contributed by atoms with E-state index < -0.39 is 0 Å². The second kappa shape index (κ2) is 10.3. The van der Waals surface area contributed by atoms with Gasteiger partial charge in [-0.1, -0.05) is 5.16 Å². The Morgan fingerprint density at radius 3 is 2.39 bits per heavy atom. The molecule has 2 amide bonds. The van der Waals surface area contributed by atoms with Crippen molar-refractivity contribution in [2.24, 2.45) is 5.92 Å². The lowest BCUT2D eigenvalue weighted by Gasteiger charge is -2.35. The molecule has 0 bridgehead atoms. The largest absolute Gasteiger partial charge is 0.493 e. The van der Waals surface area contributed by atoms with Crippen molar-refractivity contribution in [2.45, 2.75) is 52.6 Å². The van der Waals surface area contributed by atoms with E-state index in [9.17, 15) is 9.59 Å². The van der Waals surface area contributed by atoms with Crippen LogP contribution in [0.1, 0.15) is 59.5 Å². The second-order valence-corrected chi connectivity index (χ2v) is 8.91. The van der Waals surface area contributed by atoms with Crippen molar-refractivity contribution in [3.05, 3.63) is 40.8 Å². The van der Waals surface area contributed by atoms with Crippen molar-refractivity contribution >= 4 is 11.8 Å². The Morgan fingerprint density at radius 2 is 1.76 bits per heavy atom. The average Bonchev–Trinajstić information content (AvgIpc) is 3.19. The summed E-state index contributed by atoms with van der Waals surface area (Å²) in [5.74, 6) is 2.03. The molecular formula is C25H33N3O5. The predicted molar refractivity (Wildman–Crippen MR) is 122 cm³/mol. The summed E-state index contributed by atoms with van der Waals surface area (Å²) in [5, 5.41) is 3.94. The maximum Gasteiger partial charge on any atom is 0.253 e. The number of piperidine rings is 2. The molecule has 0 radical (unpaired) electrons. The Morgan fingerprint density at radius 1 is 1.03 bits per heavy atom. The van der Waals surface area contributed by atoms with Gasteiger partial charge in [0, 0.05) is 37.7 Å². The number of aryl methyl sites for hydroxylation is 2. The molecule has 8 nitrogen and oxygen atoms in total. The third kappa shape index (κ3) is 5.15. The number of hydrogen-bond donors (Lipinski definition) is 0. The third-order valence-corrected chi connectivity index (χ3v) is 6.76. The summed E-state index contributed by atoms with van der Waals surface area (Å²) in [4.78, 5) is 29.7. The first-order valence-electron chi connectivity index (χ1n) is 11.8. The molecule has 2 fully saturated rings. The van der Waals surface area contributed by atoms with Gasteiger partial charge in [-0.05, 0) is 64.2 Å². The summed E-state index contributed by atoms with van der Waals surface area (Å²) < 4.78 is 16.6. The van der Waals surface area contributed by atoms with Crippen LogP contribution in [0.25, 0.3) is 0 Å². The molecule has 0 unspecified atom stereocenters. The smallest absolute Gasteiger partial charge is 0.253 e. The number of amides is 2. The van der Waals surface area contributed by atoms with E-state index in [2.05, 4.69) is 5.16 Å². The van der Waals surface area contributed by atoms with E-state index >= 15 is 0 Å². The molecule has 2 saturated heterocycles. The van der Waals surface area contributed by atoms with E-state index in [-0.39, 0.29) is 17.7 Å². The fraction of sp³-hybridized carbons (Fsp3) is 0.560. The Labute approximate surface area is 194 Å². The lowest BCUT2D eigenvalue weighted by Crippen LogP contribution is -2.45. The van der Waals surface area contributed by atoms with Crippen molar-refractivity contribution in [1.82, 2.24) is 15.0 Å². The topological polar surface area (TPSA) is 85.1 Å². The minimum atomic E-state index is -0.0468. The first kappa shape index (κ1) is 23.1. The molecule has 2 aliphatic rings. The summed E-state index contributed by atoms with van der Waals surface area (Å²) in [6.45, 7) is 6.97. The number of methoxy groups -OCH3 is 1. The van der Waals surface area contributed by atoms with Crippen LogP contribution in [-0.4, -0.2) is 60.1 Å². The summed E-state index contributed by atoms with van der Waals surface area (Å²) in [5.41, 5.74) is 2.25. The molecule has 178 valence electrons. The molecule has 2 aliphatic heterocycles. The van der Waals surface area contributed by atoms with E-state index in [1.54, 1.807) is 25.3 Å². The van der Waals surface area contributed by atoms with Gasteiger partial charge in [-0.15, -0.1) is 0 Å². The van der Waals surface area contributed by atoms with Crippen molar-refractivity contribution < 1.29 is 23.6 Å². The maximum atomic E-state index is 13.1. The molecule has 0 spiro atoms. The highest BCUT2D eigenvalue weighted by molar-refractivity contribution is 5.95. The molecule has 2 aromatic rings. The minimum absolute atomic E-state index is 0.0294. The van der Waals surface area contributed by atoms with Crippen LogP contribution in [0.2, 0.25) is 0 Å². The molecule has 0 saturated carbocycles. The van der Waals surface area contributed by atoms with Gasteiger partial charge in [-0.2, -0.15) is 0 Å². The standard InChI is InChI=1S/C25H33N3O5/c1-17-21(18(2)33-26-17)16-32-22-8-7-20(15-23(22)31-3)25(30)28-13-9-19(10-14-28)24(29)27-11-5-4-6-12-27/h7-8,15,19H,4-6,9-14,16H2,1-3H3. The number of benzene rings is 1. The van der Waals surface area contributed by atoms with Crippen molar-refractivity contribution in [3.63, 3.8) is 0 Å². The number of carbonyl (C=O) groups excluding carboxylic acids is 2. The molecule has 0 atom stereocenters. The zero-order valence-corrected chi connectivity index (χ0v) is 19.8. The van der Waals surface area contributed by atoms with Crippen LogP contribution in [0.5, 0.6) is 11.5 Å². The van der Waals surface area contributed by atoms with Crippen molar-refractivity contribution in [1.29, 1.82) is 0 Å². The molecule has 8 heteroatoms. The molecule has 0 aliphatic carbocycles.